The van der Waals surface area contributed by atoms with Crippen LogP contribution in [-0.4, -0.2) is 30.7 Å². The van der Waals surface area contributed by atoms with E-state index in [1.165, 1.54) is 24.1 Å². The smallest absolute Gasteiger partial charge is 0.141 e. The van der Waals surface area contributed by atoms with Crippen molar-refractivity contribution in [3.63, 3.8) is 0 Å². The number of carbonyl (C=O) groups is 1. The molecule has 5 rings (SSSR count). The van der Waals surface area contributed by atoms with Gasteiger partial charge in [-0.3, -0.25) is 4.79 Å². The van der Waals surface area contributed by atoms with Gasteiger partial charge in [-0.15, -0.1) is 0 Å². The van der Waals surface area contributed by atoms with Crippen molar-refractivity contribution in [2.75, 3.05) is 13.1 Å². The molecule has 1 unspecified atom stereocenters. The average molecular weight is 385 g/mol. The van der Waals surface area contributed by atoms with E-state index in [1.807, 2.05) is 0 Å². The first-order valence-electron chi connectivity index (χ1n) is 11.5. The van der Waals surface area contributed by atoms with Crippen molar-refractivity contribution in [3.8, 4) is 0 Å². The summed E-state index contributed by atoms with van der Waals surface area (Å²) in [5, 5.41) is 7.94. The van der Waals surface area contributed by atoms with Gasteiger partial charge in [0.2, 0.25) is 0 Å². The van der Waals surface area contributed by atoms with Gasteiger partial charge in [0.25, 0.3) is 0 Å². The normalized spacial score (nSPS) is 49.6. The molecule has 0 spiro atoms. The predicted octanol–water partition coefficient (Wildman–Crippen LogP) is 4.50. The number of nitrogens with one attached hydrogen (secondary N) is 1. The third-order valence-electron chi connectivity index (χ3n) is 9.52. The first-order valence-corrected chi connectivity index (χ1v) is 11.5. The highest BCUT2D eigenvalue weighted by molar-refractivity contribution is 5.87. The molecule has 4 heteroatoms. The number of hydrogen-bond donors (Lipinski definition) is 1. The minimum Gasteiger partial charge on any atom is -0.391 e. The van der Waals surface area contributed by atoms with Gasteiger partial charge in [0.1, 0.15) is 11.9 Å². The molecule has 0 aromatic carbocycles. The molecule has 0 radical (unpaired) electrons. The molecule has 0 amide bonds. The summed E-state index contributed by atoms with van der Waals surface area (Å²) in [6, 6.07) is 0. The fraction of sp³-hybridized carbons (Fsp3) is 0.833. The summed E-state index contributed by atoms with van der Waals surface area (Å²) in [6.07, 6.45) is 9.96. The fourth-order valence-corrected chi connectivity index (χ4v) is 7.66. The molecule has 1 saturated heterocycles. The zero-order valence-electron chi connectivity index (χ0n) is 17.6. The topological polar surface area (TPSA) is 50.7 Å². The van der Waals surface area contributed by atoms with Gasteiger partial charge in [-0.2, -0.15) is 0 Å². The van der Waals surface area contributed by atoms with Crippen LogP contribution in [0.15, 0.2) is 17.3 Å². The SMILES string of the molecule is C=C1CC2C/C(=N\O[C@@H]3CCNC3)CC[C@]2(C)[C@H]2CC[C@]3(C)C(=O)CC[C@H]3[C@@H]12. The number of carbonyl (C=O) groups excluding carboxylic acids is 1. The van der Waals surface area contributed by atoms with E-state index in [9.17, 15) is 4.79 Å². The summed E-state index contributed by atoms with van der Waals surface area (Å²) in [5.74, 6) is 2.96. The Balaban J connectivity index is 1.35. The summed E-state index contributed by atoms with van der Waals surface area (Å²) in [4.78, 5) is 18.5. The zero-order chi connectivity index (χ0) is 19.5. The Bertz CT molecular complexity index is 709. The summed E-state index contributed by atoms with van der Waals surface area (Å²) in [6.45, 7) is 11.3. The summed E-state index contributed by atoms with van der Waals surface area (Å²) in [5.41, 5.74) is 2.99. The molecule has 0 bridgehead atoms. The molecular weight excluding hydrogens is 348 g/mol. The van der Waals surface area contributed by atoms with Gasteiger partial charge in [-0.1, -0.05) is 31.2 Å². The number of rotatable bonds is 2. The molecule has 28 heavy (non-hydrogen) atoms. The molecule has 0 aromatic heterocycles. The van der Waals surface area contributed by atoms with Gasteiger partial charge in [0.15, 0.2) is 0 Å². The van der Waals surface area contributed by atoms with Crippen molar-refractivity contribution in [1.29, 1.82) is 0 Å². The van der Waals surface area contributed by atoms with E-state index < -0.39 is 0 Å². The van der Waals surface area contributed by atoms with Gasteiger partial charge in [-0.05, 0) is 80.6 Å². The number of allylic oxidation sites excluding steroid dienone is 1. The maximum atomic E-state index is 12.6. The van der Waals surface area contributed by atoms with Gasteiger partial charge < -0.3 is 10.2 Å². The van der Waals surface area contributed by atoms with Gasteiger partial charge in [0.05, 0.1) is 5.71 Å². The maximum absolute atomic E-state index is 12.6. The van der Waals surface area contributed by atoms with E-state index in [0.29, 0.717) is 34.9 Å². The standard InChI is InChI=1S/C24H36N2O2/c1-15-12-16-13-17(26-28-18-8-11-25-14-18)6-9-23(16,2)20-7-10-24(3)19(22(15)20)4-5-21(24)27/h16,18-20,22,25H,1,4-14H2,2-3H3/b26-17-/t16?,18-,19+,20+,22-,23+,24+/m1/s1. The van der Waals surface area contributed by atoms with Gasteiger partial charge in [-0.25, -0.2) is 0 Å². The predicted molar refractivity (Wildman–Crippen MR) is 111 cm³/mol. The highest BCUT2D eigenvalue weighted by atomic mass is 16.6. The largest absolute Gasteiger partial charge is 0.391 e. The summed E-state index contributed by atoms with van der Waals surface area (Å²) in [7, 11) is 0. The number of hydrogen-bond acceptors (Lipinski definition) is 4. The third kappa shape index (κ3) is 2.74. The Morgan fingerprint density at radius 1 is 1.11 bits per heavy atom. The van der Waals surface area contributed by atoms with E-state index in [2.05, 4.69) is 30.9 Å². The van der Waals surface area contributed by atoms with Crippen molar-refractivity contribution in [3.05, 3.63) is 12.2 Å². The minimum absolute atomic E-state index is 0.0717. The Morgan fingerprint density at radius 2 is 1.96 bits per heavy atom. The van der Waals surface area contributed by atoms with Crippen molar-refractivity contribution in [2.45, 2.75) is 77.7 Å². The lowest BCUT2D eigenvalue weighted by molar-refractivity contribution is -0.133. The van der Waals surface area contributed by atoms with Crippen LogP contribution in [0.25, 0.3) is 0 Å². The minimum atomic E-state index is -0.0717. The highest BCUT2D eigenvalue weighted by Gasteiger charge is 2.61. The molecule has 7 atom stereocenters. The molecule has 5 aliphatic rings. The van der Waals surface area contributed by atoms with Crippen LogP contribution in [0.1, 0.15) is 71.6 Å². The van der Waals surface area contributed by atoms with Crippen molar-refractivity contribution < 1.29 is 9.63 Å². The lowest BCUT2D eigenvalue weighted by atomic mass is 9.44. The molecule has 1 heterocycles. The molecule has 4 nitrogen and oxygen atoms in total. The van der Waals surface area contributed by atoms with Gasteiger partial charge >= 0.3 is 0 Å². The number of oxime groups is 1. The maximum Gasteiger partial charge on any atom is 0.141 e. The lowest BCUT2D eigenvalue weighted by Gasteiger charge is -2.60. The lowest BCUT2D eigenvalue weighted by Crippen LogP contribution is -2.54. The number of nitrogens with zero attached hydrogens (tertiary/aromatic N) is 1. The number of fused-ring (bicyclic) bond motifs is 5. The average Bonchev–Trinajstić information content (AvgIpc) is 3.29. The van der Waals surface area contributed by atoms with Crippen molar-refractivity contribution in [1.82, 2.24) is 5.32 Å². The third-order valence-corrected chi connectivity index (χ3v) is 9.52. The summed E-state index contributed by atoms with van der Waals surface area (Å²) < 4.78 is 0. The molecule has 4 saturated carbocycles. The Morgan fingerprint density at radius 3 is 2.75 bits per heavy atom. The molecule has 1 N–H and O–H groups in total. The van der Waals surface area contributed by atoms with E-state index >= 15 is 0 Å². The van der Waals surface area contributed by atoms with Gasteiger partial charge in [0, 0.05) is 24.8 Å². The second-order valence-electron chi connectivity index (χ2n) is 10.8. The monoisotopic (exact) mass is 384 g/mol. The van der Waals surface area contributed by atoms with Crippen LogP contribution >= 0.6 is 0 Å². The van der Waals surface area contributed by atoms with Crippen LogP contribution in [0.2, 0.25) is 0 Å². The van der Waals surface area contributed by atoms with Crippen molar-refractivity contribution in [2.24, 2.45) is 39.7 Å². The van der Waals surface area contributed by atoms with Crippen LogP contribution in [0.3, 0.4) is 0 Å². The van der Waals surface area contributed by atoms with E-state index in [1.54, 1.807) is 0 Å². The summed E-state index contributed by atoms with van der Waals surface area (Å²) >= 11 is 0. The first-order chi connectivity index (χ1) is 13.4. The van der Waals surface area contributed by atoms with E-state index in [0.717, 1.165) is 58.0 Å². The van der Waals surface area contributed by atoms with Crippen LogP contribution in [0.5, 0.6) is 0 Å². The molecule has 0 aromatic rings. The quantitative estimate of drug-likeness (QED) is 0.563. The molecule has 154 valence electrons. The highest BCUT2D eigenvalue weighted by Crippen LogP contribution is 2.66. The van der Waals surface area contributed by atoms with Crippen LogP contribution < -0.4 is 5.32 Å². The molecule has 4 aliphatic carbocycles. The fourth-order valence-electron chi connectivity index (χ4n) is 7.66. The van der Waals surface area contributed by atoms with Crippen LogP contribution in [-0.2, 0) is 9.63 Å². The Labute approximate surface area is 169 Å². The second-order valence-corrected chi connectivity index (χ2v) is 10.8. The first kappa shape index (κ1) is 18.8. The second kappa shape index (κ2) is 6.68. The molecule has 5 fully saturated rings. The zero-order valence-corrected chi connectivity index (χ0v) is 17.6. The van der Waals surface area contributed by atoms with Crippen molar-refractivity contribution >= 4 is 11.5 Å². The number of ketones is 1. The van der Waals surface area contributed by atoms with Crippen LogP contribution in [0.4, 0.5) is 0 Å². The molecule has 1 aliphatic heterocycles. The Kier molecular flexibility index (Phi) is 4.50. The van der Waals surface area contributed by atoms with E-state index in [-0.39, 0.29) is 11.5 Å². The molecular formula is C24H36N2O2. The van der Waals surface area contributed by atoms with Crippen LogP contribution in [0, 0.1) is 34.5 Å². The Hall–Kier alpha value is -1.16. The number of Topliss-reactive ketones (excluding diaryl/α,β-unsaturated/α-hetero) is 1. The van der Waals surface area contributed by atoms with E-state index in [4.69, 9.17) is 4.84 Å².